The van der Waals surface area contributed by atoms with Gasteiger partial charge in [0.1, 0.15) is 5.76 Å². The molecule has 0 fully saturated rings. The number of rotatable bonds is 6. The van der Waals surface area contributed by atoms with E-state index in [0.717, 1.165) is 11.3 Å². The van der Waals surface area contributed by atoms with Crippen molar-refractivity contribution in [1.82, 2.24) is 5.32 Å². The van der Waals surface area contributed by atoms with Gasteiger partial charge in [-0.2, -0.15) is 0 Å². The van der Waals surface area contributed by atoms with Crippen molar-refractivity contribution in [3.05, 3.63) is 46.9 Å². The lowest BCUT2D eigenvalue weighted by atomic mass is 10.2. The number of hydrogen-bond acceptors (Lipinski definition) is 4. The minimum atomic E-state index is 0.557. The number of benzene rings is 1. The number of halogens is 1. The fraction of sp³-hybridized carbons (Fsp3) is 0.286. The lowest BCUT2D eigenvalue weighted by molar-refractivity contribution is 0.354. The molecule has 102 valence electrons. The van der Waals surface area contributed by atoms with Crippen molar-refractivity contribution in [3.8, 4) is 11.5 Å². The SMILES string of the molecule is COc1ccc(CNCc2ccco2)c(Cl)c1OC. The fourth-order valence-corrected chi connectivity index (χ4v) is 2.10. The minimum absolute atomic E-state index is 0.557. The van der Waals surface area contributed by atoms with Gasteiger partial charge in [-0.1, -0.05) is 17.7 Å². The molecule has 0 aliphatic carbocycles. The summed E-state index contributed by atoms with van der Waals surface area (Å²) in [5.74, 6) is 2.07. The molecular formula is C14H16ClNO3. The van der Waals surface area contributed by atoms with E-state index in [2.05, 4.69) is 5.32 Å². The molecule has 0 aliphatic heterocycles. The second-order valence-corrected chi connectivity index (χ2v) is 4.34. The van der Waals surface area contributed by atoms with Crippen LogP contribution in [-0.2, 0) is 13.1 Å². The van der Waals surface area contributed by atoms with Gasteiger partial charge in [-0.25, -0.2) is 0 Å². The zero-order chi connectivity index (χ0) is 13.7. The molecular weight excluding hydrogens is 266 g/mol. The Balaban J connectivity index is 2.04. The Morgan fingerprint density at radius 2 is 2.00 bits per heavy atom. The fourth-order valence-electron chi connectivity index (χ4n) is 1.80. The highest BCUT2D eigenvalue weighted by molar-refractivity contribution is 6.33. The second-order valence-electron chi connectivity index (χ2n) is 3.96. The van der Waals surface area contributed by atoms with E-state index in [1.54, 1.807) is 20.5 Å². The molecule has 1 heterocycles. The van der Waals surface area contributed by atoms with Crippen molar-refractivity contribution in [3.63, 3.8) is 0 Å². The molecule has 0 unspecified atom stereocenters. The van der Waals surface area contributed by atoms with Crippen LogP contribution in [0, 0.1) is 0 Å². The van der Waals surface area contributed by atoms with E-state index < -0.39 is 0 Å². The highest BCUT2D eigenvalue weighted by Crippen LogP contribution is 2.37. The molecule has 0 radical (unpaired) electrons. The van der Waals surface area contributed by atoms with E-state index in [1.165, 1.54) is 0 Å². The summed E-state index contributed by atoms with van der Waals surface area (Å²) in [6.07, 6.45) is 1.65. The molecule has 0 spiro atoms. The topological polar surface area (TPSA) is 43.6 Å². The smallest absolute Gasteiger partial charge is 0.179 e. The number of furan rings is 1. The van der Waals surface area contributed by atoms with E-state index in [9.17, 15) is 0 Å². The molecule has 0 saturated heterocycles. The van der Waals surface area contributed by atoms with Crippen LogP contribution in [0.5, 0.6) is 11.5 Å². The summed E-state index contributed by atoms with van der Waals surface area (Å²) in [6, 6.07) is 7.54. The minimum Gasteiger partial charge on any atom is -0.493 e. The van der Waals surface area contributed by atoms with Gasteiger partial charge < -0.3 is 19.2 Å². The lowest BCUT2D eigenvalue weighted by Gasteiger charge is -2.13. The third-order valence-corrected chi connectivity index (χ3v) is 3.17. The average Bonchev–Trinajstić information content (AvgIpc) is 2.93. The molecule has 2 aromatic rings. The maximum atomic E-state index is 6.29. The number of ether oxygens (including phenoxy) is 2. The number of hydrogen-bond donors (Lipinski definition) is 1. The predicted molar refractivity (Wildman–Crippen MR) is 73.8 cm³/mol. The van der Waals surface area contributed by atoms with Crippen molar-refractivity contribution in [2.75, 3.05) is 14.2 Å². The summed E-state index contributed by atoms with van der Waals surface area (Å²) in [5.41, 5.74) is 0.950. The number of methoxy groups -OCH3 is 2. The van der Waals surface area contributed by atoms with Crippen LogP contribution in [0.2, 0.25) is 5.02 Å². The van der Waals surface area contributed by atoms with Crippen LogP contribution in [0.3, 0.4) is 0 Å². The summed E-state index contributed by atoms with van der Waals surface area (Å²) < 4.78 is 15.7. The van der Waals surface area contributed by atoms with Crippen molar-refractivity contribution in [1.29, 1.82) is 0 Å². The van der Waals surface area contributed by atoms with E-state index in [0.29, 0.717) is 29.6 Å². The highest BCUT2D eigenvalue weighted by Gasteiger charge is 2.12. The molecule has 1 N–H and O–H groups in total. The van der Waals surface area contributed by atoms with Gasteiger partial charge in [-0.05, 0) is 23.8 Å². The van der Waals surface area contributed by atoms with Crippen molar-refractivity contribution >= 4 is 11.6 Å². The molecule has 19 heavy (non-hydrogen) atoms. The van der Waals surface area contributed by atoms with Crippen LogP contribution in [0.15, 0.2) is 34.9 Å². The van der Waals surface area contributed by atoms with Crippen molar-refractivity contribution in [2.24, 2.45) is 0 Å². The molecule has 5 heteroatoms. The zero-order valence-corrected chi connectivity index (χ0v) is 11.7. The van der Waals surface area contributed by atoms with Crippen LogP contribution >= 0.6 is 11.6 Å². The largest absolute Gasteiger partial charge is 0.493 e. The first-order valence-corrected chi connectivity index (χ1v) is 6.26. The Hall–Kier alpha value is -1.65. The molecule has 0 aliphatic rings. The van der Waals surface area contributed by atoms with Crippen LogP contribution in [0.1, 0.15) is 11.3 Å². The predicted octanol–water partition coefficient (Wildman–Crippen LogP) is 3.24. The Morgan fingerprint density at radius 1 is 1.16 bits per heavy atom. The first-order chi connectivity index (χ1) is 9.26. The van der Waals surface area contributed by atoms with Gasteiger partial charge in [0, 0.05) is 6.54 Å². The zero-order valence-electron chi connectivity index (χ0n) is 10.9. The van der Waals surface area contributed by atoms with Crippen LogP contribution in [0.4, 0.5) is 0 Å². The molecule has 0 amide bonds. The standard InChI is InChI=1S/C14H16ClNO3/c1-17-12-6-5-10(13(15)14(12)18-2)8-16-9-11-4-3-7-19-11/h3-7,16H,8-9H2,1-2H3. The quantitative estimate of drug-likeness (QED) is 0.883. The maximum Gasteiger partial charge on any atom is 0.179 e. The molecule has 1 aromatic carbocycles. The third-order valence-electron chi connectivity index (χ3n) is 2.76. The third kappa shape index (κ3) is 3.22. The Morgan fingerprint density at radius 3 is 2.63 bits per heavy atom. The van der Waals surface area contributed by atoms with Crippen LogP contribution in [-0.4, -0.2) is 14.2 Å². The summed E-state index contributed by atoms with van der Waals surface area (Å²) in [7, 11) is 3.16. The van der Waals surface area contributed by atoms with E-state index in [-0.39, 0.29) is 0 Å². The molecule has 4 nitrogen and oxygen atoms in total. The van der Waals surface area contributed by atoms with Gasteiger partial charge in [-0.3, -0.25) is 0 Å². The maximum absolute atomic E-state index is 6.29. The van der Waals surface area contributed by atoms with Gasteiger partial charge in [0.25, 0.3) is 0 Å². The Labute approximate surface area is 117 Å². The second kappa shape index (κ2) is 6.50. The average molecular weight is 282 g/mol. The molecule has 0 saturated carbocycles. The molecule has 2 rings (SSSR count). The Kier molecular flexibility index (Phi) is 4.71. The van der Waals surface area contributed by atoms with Gasteiger partial charge in [0.15, 0.2) is 11.5 Å². The molecule has 0 atom stereocenters. The summed E-state index contributed by atoms with van der Waals surface area (Å²) >= 11 is 6.29. The van der Waals surface area contributed by atoms with Gasteiger partial charge in [0.05, 0.1) is 32.1 Å². The van der Waals surface area contributed by atoms with Crippen LogP contribution < -0.4 is 14.8 Å². The van der Waals surface area contributed by atoms with E-state index >= 15 is 0 Å². The van der Waals surface area contributed by atoms with Crippen LogP contribution in [0.25, 0.3) is 0 Å². The van der Waals surface area contributed by atoms with Crippen molar-refractivity contribution in [2.45, 2.75) is 13.1 Å². The number of nitrogens with one attached hydrogen (secondary N) is 1. The monoisotopic (exact) mass is 281 g/mol. The van der Waals surface area contributed by atoms with Crippen molar-refractivity contribution < 1.29 is 13.9 Å². The summed E-state index contributed by atoms with van der Waals surface area (Å²) in [4.78, 5) is 0. The van der Waals surface area contributed by atoms with Gasteiger partial charge in [0.2, 0.25) is 0 Å². The normalized spacial score (nSPS) is 10.5. The molecule has 0 bridgehead atoms. The highest BCUT2D eigenvalue weighted by atomic mass is 35.5. The first-order valence-electron chi connectivity index (χ1n) is 5.88. The van der Waals surface area contributed by atoms with E-state index in [1.807, 2.05) is 24.3 Å². The lowest BCUT2D eigenvalue weighted by Crippen LogP contribution is -2.12. The summed E-state index contributed by atoms with van der Waals surface area (Å²) in [6.45, 7) is 1.28. The van der Waals surface area contributed by atoms with Gasteiger partial charge in [-0.15, -0.1) is 0 Å². The summed E-state index contributed by atoms with van der Waals surface area (Å²) in [5, 5.41) is 3.82. The van der Waals surface area contributed by atoms with Gasteiger partial charge >= 0.3 is 0 Å². The molecule has 1 aromatic heterocycles. The van der Waals surface area contributed by atoms with E-state index in [4.69, 9.17) is 25.5 Å². The first kappa shape index (κ1) is 13.8. The Bertz CT molecular complexity index is 526.